The maximum atomic E-state index is 13.8. The summed E-state index contributed by atoms with van der Waals surface area (Å²) < 4.78 is 5.37. The SMILES string of the molecule is CCOCCCNC(=O)[C@@H](c1ccc(Cl)cc1)N(Cc1cccs1)C(=O)c1ccc(NC(C)=O)cc1. The number of anilines is 1. The van der Waals surface area contributed by atoms with Crippen LogP contribution in [0.2, 0.25) is 5.02 Å². The second-order valence-corrected chi connectivity index (χ2v) is 9.54. The van der Waals surface area contributed by atoms with Crippen LogP contribution in [0.5, 0.6) is 0 Å². The summed E-state index contributed by atoms with van der Waals surface area (Å²) >= 11 is 7.62. The van der Waals surface area contributed by atoms with E-state index in [1.165, 1.54) is 18.3 Å². The van der Waals surface area contributed by atoms with Crippen LogP contribution in [0.4, 0.5) is 5.69 Å². The molecule has 2 aromatic carbocycles. The predicted molar refractivity (Wildman–Crippen MR) is 143 cm³/mol. The molecule has 3 aromatic rings. The molecule has 9 heteroatoms. The molecule has 7 nitrogen and oxygen atoms in total. The minimum Gasteiger partial charge on any atom is -0.382 e. The van der Waals surface area contributed by atoms with Gasteiger partial charge in [0.25, 0.3) is 5.91 Å². The summed E-state index contributed by atoms with van der Waals surface area (Å²) in [7, 11) is 0. The van der Waals surface area contributed by atoms with Crippen LogP contribution < -0.4 is 10.6 Å². The third-order valence-electron chi connectivity index (χ3n) is 5.33. The van der Waals surface area contributed by atoms with Crippen LogP contribution in [0, 0.1) is 0 Å². The molecule has 3 amide bonds. The van der Waals surface area contributed by atoms with Crippen LogP contribution in [0.25, 0.3) is 0 Å². The molecule has 0 aliphatic carbocycles. The lowest BCUT2D eigenvalue weighted by Crippen LogP contribution is -2.43. The number of nitrogens with zero attached hydrogens (tertiary/aromatic N) is 1. The standard InChI is InChI=1S/C27H30ClN3O4S/c1-3-35-16-5-15-29-26(33)25(20-7-11-22(28)12-8-20)31(18-24-6-4-17-36-24)27(34)21-9-13-23(14-10-21)30-19(2)32/h4,6-14,17,25H,3,5,15-16,18H2,1-2H3,(H,29,33)(H,30,32)/t25-/m1/s1. The zero-order valence-electron chi connectivity index (χ0n) is 20.3. The van der Waals surface area contributed by atoms with Gasteiger partial charge in [-0.1, -0.05) is 29.8 Å². The van der Waals surface area contributed by atoms with Crippen molar-refractivity contribution in [3.8, 4) is 0 Å². The molecule has 0 bridgehead atoms. The Kier molecular flexibility index (Phi) is 10.5. The quantitative estimate of drug-likeness (QED) is 0.313. The van der Waals surface area contributed by atoms with Crippen molar-refractivity contribution in [1.29, 1.82) is 0 Å². The highest BCUT2D eigenvalue weighted by Gasteiger charge is 2.32. The highest BCUT2D eigenvalue weighted by molar-refractivity contribution is 7.09. The van der Waals surface area contributed by atoms with E-state index < -0.39 is 6.04 Å². The highest BCUT2D eigenvalue weighted by Crippen LogP contribution is 2.28. The van der Waals surface area contributed by atoms with E-state index in [0.29, 0.717) is 48.0 Å². The summed E-state index contributed by atoms with van der Waals surface area (Å²) in [5.41, 5.74) is 1.65. The predicted octanol–water partition coefficient (Wildman–Crippen LogP) is 5.29. The van der Waals surface area contributed by atoms with Crippen molar-refractivity contribution < 1.29 is 19.1 Å². The van der Waals surface area contributed by atoms with E-state index in [-0.39, 0.29) is 24.3 Å². The summed E-state index contributed by atoms with van der Waals surface area (Å²) in [6, 6.07) is 16.6. The summed E-state index contributed by atoms with van der Waals surface area (Å²) in [6.07, 6.45) is 0.663. The van der Waals surface area contributed by atoms with Gasteiger partial charge in [-0.05, 0) is 66.8 Å². The van der Waals surface area contributed by atoms with Crippen LogP contribution in [0.15, 0.2) is 66.0 Å². The van der Waals surface area contributed by atoms with Gasteiger partial charge >= 0.3 is 0 Å². The van der Waals surface area contributed by atoms with Gasteiger partial charge in [0.2, 0.25) is 11.8 Å². The van der Waals surface area contributed by atoms with E-state index in [4.69, 9.17) is 16.3 Å². The number of carbonyl (C=O) groups is 3. The number of amides is 3. The monoisotopic (exact) mass is 527 g/mol. The van der Waals surface area contributed by atoms with Gasteiger partial charge in [-0.15, -0.1) is 11.3 Å². The Bertz CT molecular complexity index is 1130. The van der Waals surface area contributed by atoms with Crippen LogP contribution in [-0.4, -0.2) is 42.4 Å². The largest absolute Gasteiger partial charge is 0.382 e. The fraction of sp³-hybridized carbons (Fsp3) is 0.296. The van der Waals surface area contributed by atoms with Gasteiger partial charge in [0.05, 0.1) is 6.54 Å². The first kappa shape index (κ1) is 27.4. The molecule has 190 valence electrons. The molecule has 1 atom stereocenters. The molecule has 1 aromatic heterocycles. The van der Waals surface area contributed by atoms with Crippen molar-refractivity contribution >= 4 is 46.3 Å². The molecule has 0 aliphatic heterocycles. The first-order valence-electron chi connectivity index (χ1n) is 11.7. The van der Waals surface area contributed by atoms with Crippen molar-refractivity contribution in [2.75, 3.05) is 25.1 Å². The number of thiophene rings is 1. The number of carbonyl (C=O) groups excluding carboxylic acids is 3. The van der Waals surface area contributed by atoms with E-state index >= 15 is 0 Å². The van der Waals surface area contributed by atoms with E-state index in [1.807, 2.05) is 24.4 Å². The lowest BCUT2D eigenvalue weighted by atomic mass is 10.0. The van der Waals surface area contributed by atoms with E-state index in [9.17, 15) is 14.4 Å². The minimum atomic E-state index is -0.876. The van der Waals surface area contributed by atoms with Gasteiger partial charge in [0.15, 0.2) is 0 Å². The first-order valence-corrected chi connectivity index (χ1v) is 13.0. The molecule has 2 N–H and O–H groups in total. The first-order chi connectivity index (χ1) is 17.4. The number of nitrogens with one attached hydrogen (secondary N) is 2. The zero-order chi connectivity index (χ0) is 25.9. The third kappa shape index (κ3) is 7.91. The zero-order valence-corrected chi connectivity index (χ0v) is 21.9. The average Bonchev–Trinajstić information content (AvgIpc) is 3.37. The fourth-order valence-electron chi connectivity index (χ4n) is 3.66. The lowest BCUT2D eigenvalue weighted by molar-refractivity contribution is -0.126. The number of ether oxygens (including phenoxy) is 1. The van der Waals surface area contributed by atoms with E-state index in [2.05, 4.69) is 10.6 Å². The molecule has 0 aliphatic rings. The van der Waals surface area contributed by atoms with Gasteiger partial charge < -0.3 is 20.3 Å². The molecular weight excluding hydrogens is 498 g/mol. The Balaban J connectivity index is 1.94. The Morgan fingerprint density at radius 1 is 1.06 bits per heavy atom. The molecule has 0 saturated carbocycles. The van der Waals surface area contributed by atoms with Crippen molar-refractivity contribution in [2.24, 2.45) is 0 Å². The smallest absolute Gasteiger partial charge is 0.255 e. The van der Waals surface area contributed by atoms with E-state index in [0.717, 1.165) is 4.88 Å². The summed E-state index contributed by atoms with van der Waals surface area (Å²) in [4.78, 5) is 41.2. The van der Waals surface area contributed by atoms with Crippen LogP contribution in [-0.2, 0) is 20.9 Å². The Morgan fingerprint density at radius 3 is 2.39 bits per heavy atom. The molecule has 0 spiro atoms. The normalized spacial score (nSPS) is 11.5. The van der Waals surface area contributed by atoms with Crippen molar-refractivity contribution in [2.45, 2.75) is 32.9 Å². The number of halogens is 1. The van der Waals surface area contributed by atoms with Crippen molar-refractivity contribution in [3.05, 3.63) is 87.1 Å². The van der Waals surface area contributed by atoms with Gasteiger partial charge in [0, 0.05) is 47.8 Å². The number of hydrogen-bond donors (Lipinski definition) is 2. The summed E-state index contributed by atoms with van der Waals surface area (Å²) in [6.45, 7) is 5.18. The second kappa shape index (κ2) is 13.8. The summed E-state index contributed by atoms with van der Waals surface area (Å²) in [5.74, 6) is -0.784. The number of hydrogen-bond acceptors (Lipinski definition) is 5. The molecule has 0 unspecified atom stereocenters. The number of rotatable bonds is 12. The van der Waals surface area contributed by atoms with Crippen LogP contribution >= 0.6 is 22.9 Å². The molecule has 1 heterocycles. The van der Waals surface area contributed by atoms with Crippen molar-refractivity contribution in [1.82, 2.24) is 10.2 Å². The van der Waals surface area contributed by atoms with Gasteiger partial charge in [-0.2, -0.15) is 0 Å². The number of benzene rings is 2. The molecular formula is C27H30ClN3O4S. The molecule has 0 saturated heterocycles. The average molecular weight is 528 g/mol. The van der Waals surface area contributed by atoms with Gasteiger partial charge in [0.1, 0.15) is 6.04 Å². The molecule has 0 fully saturated rings. The lowest BCUT2D eigenvalue weighted by Gasteiger charge is -2.31. The maximum Gasteiger partial charge on any atom is 0.255 e. The molecule has 0 radical (unpaired) electrons. The Labute approximate surface area is 220 Å². The van der Waals surface area contributed by atoms with Crippen molar-refractivity contribution in [3.63, 3.8) is 0 Å². The third-order valence-corrected chi connectivity index (χ3v) is 6.45. The van der Waals surface area contributed by atoms with Crippen LogP contribution in [0.3, 0.4) is 0 Å². The molecule has 3 rings (SSSR count). The molecule has 36 heavy (non-hydrogen) atoms. The topological polar surface area (TPSA) is 87.7 Å². The van der Waals surface area contributed by atoms with Gasteiger partial charge in [-0.25, -0.2) is 0 Å². The second-order valence-electron chi connectivity index (χ2n) is 8.07. The Hall–Kier alpha value is -3.20. The summed E-state index contributed by atoms with van der Waals surface area (Å²) in [5, 5.41) is 8.14. The fourth-order valence-corrected chi connectivity index (χ4v) is 4.49. The maximum absolute atomic E-state index is 13.8. The van der Waals surface area contributed by atoms with Gasteiger partial charge in [-0.3, -0.25) is 14.4 Å². The van der Waals surface area contributed by atoms with Crippen LogP contribution in [0.1, 0.15) is 47.1 Å². The highest BCUT2D eigenvalue weighted by atomic mass is 35.5. The Morgan fingerprint density at radius 2 is 1.78 bits per heavy atom. The minimum absolute atomic E-state index is 0.197. The van der Waals surface area contributed by atoms with E-state index in [1.54, 1.807) is 53.4 Å².